The highest BCUT2D eigenvalue weighted by atomic mass is 32.2. The van der Waals surface area contributed by atoms with Crippen molar-refractivity contribution in [2.45, 2.75) is 41.6 Å². The maximum absolute atomic E-state index is 13.9. The number of aromatic amines is 1. The minimum atomic E-state index is -4.30. The highest BCUT2D eigenvalue weighted by Crippen LogP contribution is 2.42. The van der Waals surface area contributed by atoms with Gasteiger partial charge in [0.05, 0.1) is 26.6 Å². The zero-order valence-electron chi connectivity index (χ0n) is 24.1. The number of amides is 1. The number of hydrogen-bond acceptors (Lipinski definition) is 8. The number of nitrogens with zero attached hydrogens (tertiary/aromatic N) is 2. The molecular weight excluding hydrogens is 578 g/mol. The molecule has 0 spiro atoms. The van der Waals surface area contributed by atoms with Gasteiger partial charge in [-0.15, -0.1) is 0 Å². The molecule has 1 amide bonds. The lowest BCUT2D eigenvalue weighted by atomic mass is 9.97. The molecule has 10 nitrogen and oxygen atoms in total. The molecular formula is C30H34F2N6O4S. The van der Waals surface area contributed by atoms with Crippen molar-refractivity contribution in [2.24, 2.45) is 5.73 Å². The van der Waals surface area contributed by atoms with Crippen molar-refractivity contribution in [1.29, 1.82) is 0 Å². The quantitative estimate of drug-likeness (QED) is 0.207. The number of benzene rings is 3. The summed E-state index contributed by atoms with van der Waals surface area (Å²) in [5, 5.41) is 15.0. The van der Waals surface area contributed by atoms with Gasteiger partial charge in [-0.05, 0) is 76.3 Å². The fraction of sp³-hybridized carbons (Fsp3) is 0.333. The first-order valence-electron chi connectivity index (χ1n) is 13.9. The van der Waals surface area contributed by atoms with Crippen LogP contribution in [0.2, 0.25) is 0 Å². The number of halogens is 2. The van der Waals surface area contributed by atoms with E-state index < -0.39 is 32.3 Å². The molecule has 1 saturated heterocycles. The van der Waals surface area contributed by atoms with Gasteiger partial charge in [-0.2, -0.15) is 5.10 Å². The van der Waals surface area contributed by atoms with Crippen LogP contribution in [0.25, 0.3) is 22.2 Å². The van der Waals surface area contributed by atoms with E-state index in [1.165, 1.54) is 12.1 Å². The van der Waals surface area contributed by atoms with E-state index >= 15 is 0 Å². The zero-order valence-corrected chi connectivity index (χ0v) is 24.9. The van der Waals surface area contributed by atoms with Gasteiger partial charge in [-0.1, -0.05) is 0 Å². The summed E-state index contributed by atoms with van der Waals surface area (Å²) < 4.78 is 60.4. The number of rotatable bonds is 10. The molecule has 43 heavy (non-hydrogen) atoms. The van der Waals surface area contributed by atoms with Crippen LogP contribution in [-0.4, -0.2) is 75.4 Å². The van der Waals surface area contributed by atoms with E-state index in [4.69, 9.17) is 10.5 Å². The molecule has 2 heterocycles. The number of ether oxygens (including phenoxy) is 1. The Morgan fingerprint density at radius 3 is 2.44 bits per heavy atom. The smallest absolute Gasteiger partial charge is 0.250 e. The molecule has 13 heteroatoms. The molecule has 0 radical (unpaired) electrons. The van der Waals surface area contributed by atoms with E-state index in [-0.39, 0.29) is 22.5 Å². The summed E-state index contributed by atoms with van der Waals surface area (Å²) >= 11 is 0. The summed E-state index contributed by atoms with van der Waals surface area (Å²) in [4.78, 5) is 14.0. The molecule has 0 saturated carbocycles. The van der Waals surface area contributed by atoms with Crippen LogP contribution in [0.4, 0.5) is 20.2 Å². The van der Waals surface area contributed by atoms with Gasteiger partial charge in [0.2, 0.25) is 9.84 Å². The molecule has 1 aliphatic rings. The van der Waals surface area contributed by atoms with Crippen molar-refractivity contribution in [2.75, 3.05) is 44.5 Å². The lowest BCUT2D eigenvalue weighted by Crippen LogP contribution is -2.31. The Morgan fingerprint density at radius 2 is 1.79 bits per heavy atom. The molecule has 1 atom stereocenters. The van der Waals surface area contributed by atoms with Gasteiger partial charge in [-0.25, -0.2) is 17.2 Å². The highest BCUT2D eigenvalue weighted by Gasteiger charge is 2.27. The molecule has 5 rings (SSSR count). The highest BCUT2D eigenvalue weighted by molar-refractivity contribution is 7.91. The van der Waals surface area contributed by atoms with E-state index in [9.17, 15) is 22.0 Å². The summed E-state index contributed by atoms with van der Waals surface area (Å²) in [5.41, 5.74) is 8.64. The van der Waals surface area contributed by atoms with Crippen LogP contribution in [0.1, 0.15) is 30.1 Å². The van der Waals surface area contributed by atoms with Crippen molar-refractivity contribution in [1.82, 2.24) is 15.1 Å². The standard InChI is InChI=1S/C30H34F2N6O4S/c1-17(16-38(2)3)34-26-7-5-23(30(33)39)28(35-20-8-10-42-11-9-20)27(26)29-24-15-21(4-6-25(24)36-37-29)43(40,41)22-13-18(31)12-19(32)14-22/h4-7,12-15,17,20,34-35H,8-11,16H2,1-3H3,(H2,33,39)(H,36,37). The molecule has 1 aromatic heterocycles. The molecule has 228 valence electrons. The van der Waals surface area contributed by atoms with Gasteiger partial charge in [0.1, 0.15) is 17.3 Å². The maximum atomic E-state index is 13.9. The minimum absolute atomic E-state index is 0.0101. The fourth-order valence-electron chi connectivity index (χ4n) is 5.40. The number of nitrogens with one attached hydrogen (secondary N) is 3. The molecule has 0 aliphatic carbocycles. The number of sulfone groups is 1. The van der Waals surface area contributed by atoms with Crippen LogP contribution in [0, 0.1) is 11.6 Å². The minimum Gasteiger partial charge on any atom is -0.381 e. The summed E-state index contributed by atoms with van der Waals surface area (Å²) in [7, 11) is -0.377. The summed E-state index contributed by atoms with van der Waals surface area (Å²) in [5.74, 6) is -2.64. The maximum Gasteiger partial charge on any atom is 0.250 e. The van der Waals surface area contributed by atoms with Crippen LogP contribution in [0.5, 0.6) is 0 Å². The van der Waals surface area contributed by atoms with E-state index in [2.05, 4.69) is 20.8 Å². The third-order valence-electron chi connectivity index (χ3n) is 7.31. The Balaban J connectivity index is 1.71. The Hall–Kier alpha value is -4.07. The van der Waals surface area contributed by atoms with Crippen LogP contribution in [-0.2, 0) is 14.6 Å². The van der Waals surface area contributed by atoms with Crippen molar-refractivity contribution in [3.8, 4) is 11.3 Å². The molecule has 1 unspecified atom stereocenters. The van der Waals surface area contributed by atoms with Gasteiger partial charge in [-0.3, -0.25) is 9.89 Å². The first-order chi connectivity index (χ1) is 20.4. The van der Waals surface area contributed by atoms with Gasteiger partial charge in [0.15, 0.2) is 0 Å². The van der Waals surface area contributed by atoms with Gasteiger partial charge < -0.3 is 26.0 Å². The first kappa shape index (κ1) is 30.4. The second-order valence-corrected chi connectivity index (χ2v) is 13.0. The molecule has 3 aromatic carbocycles. The summed E-state index contributed by atoms with van der Waals surface area (Å²) in [6, 6.07) is 9.85. The topological polar surface area (TPSA) is 142 Å². The first-order valence-corrected chi connectivity index (χ1v) is 15.3. The number of carbonyl (C=O) groups is 1. The van der Waals surface area contributed by atoms with Crippen LogP contribution in [0.3, 0.4) is 0 Å². The van der Waals surface area contributed by atoms with E-state index in [0.29, 0.717) is 72.2 Å². The number of fused-ring (bicyclic) bond motifs is 1. The average molecular weight is 613 g/mol. The van der Waals surface area contributed by atoms with E-state index in [1.807, 2.05) is 25.9 Å². The zero-order chi connectivity index (χ0) is 30.9. The van der Waals surface area contributed by atoms with Crippen molar-refractivity contribution >= 4 is 38.0 Å². The third-order valence-corrected chi connectivity index (χ3v) is 9.04. The number of hydrogen-bond donors (Lipinski definition) is 4. The molecule has 1 aliphatic heterocycles. The SMILES string of the molecule is CC(CN(C)C)Nc1ccc(C(N)=O)c(NC2CCOCC2)c1-c1n[nH]c2ccc(S(=O)(=O)c3cc(F)cc(F)c3)cc12. The van der Waals surface area contributed by atoms with E-state index in [1.54, 1.807) is 18.2 Å². The number of anilines is 2. The molecule has 0 bridgehead atoms. The predicted octanol–water partition coefficient (Wildman–Crippen LogP) is 4.39. The Bertz CT molecular complexity index is 1750. The third kappa shape index (κ3) is 6.48. The van der Waals surface area contributed by atoms with Crippen LogP contribution in [0.15, 0.2) is 58.3 Å². The molecule has 5 N–H and O–H groups in total. The predicted molar refractivity (Wildman–Crippen MR) is 161 cm³/mol. The number of aromatic nitrogens is 2. The number of H-pyrrole nitrogens is 1. The van der Waals surface area contributed by atoms with Gasteiger partial charge >= 0.3 is 0 Å². The molecule has 1 fully saturated rings. The second kappa shape index (κ2) is 12.3. The van der Waals surface area contributed by atoms with Gasteiger partial charge in [0.25, 0.3) is 5.91 Å². The largest absolute Gasteiger partial charge is 0.381 e. The van der Waals surface area contributed by atoms with Crippen LogP contribution >= 0.6 is 0 Å². The average Bonchev–Trinajstić information content (AvgIpc) is 3.35. The lowest BCUT2D eigenvalue weighted by Gasteiger charge is -2.28. The number of carbonyl (C=O) groups excluding carboxylic acids is 1. The summed E-state index contributed by atoms with van der Waals surface area (Å²) in [6.45, 7) is 3.84. The van der Waals surface area contributed by atoms with Crippen molar-refractivity contribution < 1.29 is 26.7 Å². The fourth-order valence-corrected chi connectivity index (χ4v) is 6.73. The lowest BCUT2D eigenvalue weighted by molar-refractivity contribution is 0.0904. The normalized spacial score (nSPS) is 15.1. The monoisotopic (exact) mass is 612 g/mol. The Labute approximate surface area is 248 Å². The molecule has 4 aromatic rings. The number of likely N-dealkylation sites (N-methyl/N-ethyl adjacent to an activating group) is 1. The number of primary amides is 1. The van der Waals surface area contributed by atoms with Crippen LogP contribution < -0.4 is 16.4 Å². The van der Waals surface area contributed by atoms with E-state index in [0.717, 1.165) is 12.1 Å². The number of nitrogens with two attached hydrogens (primary N) is 1. The van der Waals surface area contributed by atoms with Crippen molar-refractivity contribution in [3.05, 3.63) is 65.7 Å². The van der Waals surface area contributed by atoms with Crippen molar-refractivity contribution in [3.63, 3.8) is 0 Å². The summed E-state index contributed by atoms with van der Waals surface area (Å²) in [6.07, 6.45) is 1.42. The Morgan fingerprint density at radius 1 is 1.09 bits per heavy atom. The second-order valence-electron chi connectivity index (χ2n) is 11.0. The Kier molecular flexibility index (Phi) is 8.67. The van der Waals surface area contributed by atoms with Gasteiger partial charge in [0, 0.05) is 54.5 Å².